The van der Waals surface area contributed by atoms with Crippen molar-refractivity contribution in [3.05, 3.63) is 29.8 Å². The van der Waals surface area contributed by atoms with Crippen LogP contribution in [0.25, 0.3) is 0 Å². The van der Waals surface area contributed by atoms with Crippen molar-refractivity contribution in [1.29, 1.82) is 0 Å². The van der Waals surface area contributed by atoms with Crippen molar-refractivity contribution in [3.63, 3.8) is 0 Å². The molecule has 0 aliphatic carbocycles. The Bertz CT molecular complexity index is 422. The SMILES string of the molecule is CCCCCCCCc1ccc(OC(CCCC)C(C)=O)cc1. The van der Waals surface area contributed by atoms with E-state index in [2.05, 4.69) is 26.0 Å². The van der Waals surface area contributed by atoms with E-state index in [1.54, 1.807) is 6.92 Å². The van der Waals surface area contributed by atoms with Crippen molar-refractivity contribution in [2.45, 2.75) is 91.1 Å². The highest BCUT2D eigenvalue weighted by atomic mass is 16.5. The van der Waals surface area contributed by atoms with Gasteiger partial charge in [-0.25, -0.2) is 0 Å². The molecule has 0 heterocycles. The van der Waals surface area contributed by atoms with E-state index in [4.69, 9.17) is 4.74 Å². The van der Waals surface area contributed by atoms with Gasteiger partial charge >= 0.3 is 0 Å². The summed E-state index contributed by atoms with van der Waals surface area (Å²) in [7, 11) is 0. The Kier molecular flexibility index (Phi) is 10.4. The standard InChI is InChI=1S/C21H34O2/c1-4-6-8-9-10-11-12-19-14-16-20(17-15-19)23-21(18(3)22)13-7-5-2/h14-17,21H,4-13H2,1-3H3. The first kappa shape index (κ1) is 19.7. The Hall–Kier alpha value is -1.31. The summed E-state index contributed by atoms with van der Waals surface area (Å²) in [5, 5.41) is 0. The zero-order valence-corrected chi connectivity index (χ0v) is 15.3. The van der Waals surface area contributed by atoms with Gasteiger partial charge < -0.3 is 4.74 Å². The Morgan fingerprint density at radius 1 is 0.913 bits per heavy atom. The molecule has 2 nitrogen and oxygen atoms in total. The predicted molar refractivity (Wildman–Crippen MR) is 98.1 cm³/mol. The number of ether oxygens (including phenoxy) is 1. The van der Waals surface area contributed by atoms with Gasteiger partial charge in [0.1, 0.15) is 5.75 Å². The Balaban J connectivity index is 2.35. The molecule has 0 saturated heterocycles. The maximum Gasteiger partial charge on any atom is 0.170 e. The minimum absolute atomic E-state index is 0.120. The van der Waals surface area contributed by atoms with Gasteiger partial charge in [0.15, 0.2) is 11.9 Å². The highest BCUT2D eigenvalue weighted by molar-refractivity contribution is 5.80. The number of benzene rings is 1. The lowest BCUT2D eigenvalue weighted by molar-refractivity contribution is -0.123. The van der Waals surface area contributed by atoms with Gasteiger partial charge in [0.25, 0.3) is 0 Å². The fourth-order valence-electron chi connectivity index (χ4n) is 2.74. The van der Waals surface area contributed by atoms with E-state index in [-0.39, 0.29) is 11.9 Å². The van der Waals surface area contributed by atoms with E-state index in [1.165, 1.54) is 44.1 Å². The molecule has 0 aliphatic rings. The van der Waals surface area contributed by atoms with Crippen molar-refractivity contribution < 1.29 is 9.53 Å². The second-order valence-electron chi connectivity index (χ2n) is 6.52. The lowest BCUT2D eigenvalue weighted by Crippen LogP contribution is -2.24. The molecular weight excluding hydrogens is 284 g/mol. The highest BCUT2D eigenvalue weighted by Crippen LogP contribution is 2.18. The van der Waals surface area contributed by atoms with Gasteiger partial charge in [-0.05, 0) is 50.3 Å². The van der Waals surface area contributed by atoms with Crippen LogP contribution >= 0.6 is 0 Å². The first-order valence-corrected chi connectivity index (χ1v) is 9.43. The fourth-order valence-corrected chi connectivity index (χ4v) is 2.74. The van der Waals surface area contributed by atoms with Crippen molar-refractivity contribution >= 4 is 5.78 Å². The van der Waals surface area contributed by atoms with E-state index in [1.807, 2.05) is 12.1 Å². The zero-order valence-electron chi connectivity index (χ0n) is 15.3. The number of hydrogen-bond acceptors (Lipinski definition) is 2. The quantitative estimate of drug-likeness (QED) is 0.410. The molecule has 1 atom stereocenters. The average molecular weight is 319 g/mol. The van der Waals surface area contributed by atoms with Crippen molar-refractivity contribution in [1.82, 2.24) is 0 Å². The molecule has 0 fully saturated rings. The van der Waals surface area contributed by atoms with Crippen LogP contribution in [0.3, 0.4) is 0 Å². The summed E-state index contributed by atoms with van der Waals surface area (Å²) >= 11 is 0. The zero-order chi connectivity index (χ0) is 16.9. The third kappa shape index (κ3) is 8.78. The summed E-state index contributed by atoms with van der Waals surface area (Å²) in [6.45, 7) is 6.00. The highest BCUT2D eigenvalue weighted by Gasteiger charge is 2.15. The van der Waals surface area contributed by atoms with E-state index in [0.29, 0.717) is 0 Å². The topological polar surface area (TPSA) is 26.3 Å². The number of carbonyl (C=O) groups is 1. The van der Waals surface area contributed by atoms with Gasteiger partial charge in [-0.15, -0.1) is 0 Å². The molecule has 130 valence electrons. The van der Waals surface area contributed by atoms with Crippen molar-refractivity contribution in [2.24, 2.45) is 0 Å². The minimum atomic E-state index is -0.292. The number of ketones is 1. The molecule has 1 aromatic rings. The molecule has 2 heteroatoms. The molecule has 0 radical (unpaired) electrons. The molecule has 0 bridgehead atoms. The van der Waals surface area contributed by atoms with E-state index in [0.717, 1.165) is 31.4 Å². The summed E-state index contributed by atoms with van der Waals surface area (Å²) in [4.78, 5) is 11.6. The molecule has 0 spiro atoms. The first-order chi connectivity index (χ1) is 11.2. The van der Waals surface area contributed by atoms with Gasteiger partial charge in [0.05, 0.1) is 0 Å². The predicted octanol–water partition coefficient (Wildman–Crippen LogP) is 6.12. The second-order valence-corrected chi connectivity index (χ2v) is 6.52. The summed E-state index contributed by atoms with van der Waals surface area (Å²) in [5.74, 6) is 0.933. The van der Waals surface area contributed by atoms with E-state index < -0.39 is 0 Å². The van der Waals surface area contributed by atoms with Crippen LogP contribution in [0.1, 0.15) is 84.1 Å². The third-order valence-electron chi connectivity index (χ3n) is 4.29. The van der Waals surface area contributed by atoms with Crippen LogP contribution in [0.4, 0.5) is 0 Å². The van der Waals surface area contributed by atoms with Crippen LogP contribution in [-0.4, -0.2) is 11.9 Å². The molecule has 1 unspecified atom stereocenters. The number of aryl methyl sites for hydroxylation is 1. The fraction of sp³-hybridized carbons (Fsp3) is 0.667. The Morgan fingerprint density at radius 3 is 2.13 bits per heavy atom. The van der Waals surface area contributed by atoms with Crippen LogP contribution in [0, 0.1) is 0 Å². The number of Topliss-reactive ketones (excluding diaryl/α,β-unsaturated/α-hetero) is 1. The Labute approximate surface area is 142 Å². The average Bonchev–Trinajstić information content (AvgIpc) is 2.55. The van der Waals surface area contributed by atoms with Gasteiger partial charge in [0.2, 0.25) is 0 Å². The van der Waals surface area contributed by atoms with E-state index in [9.17, 15) is 4.79 Å². The minimum Gasteiger partial charge on any atom is -0.483 e. The molecule has 0 saturated carbocycles. The van der Waals surface area contributed by atoms with Crippen LogP contribution in [-0.2, 0) is 11.2 Å². The molecule has 0 N–H and O–H groups in total. The molecule has 0 aliphatic heterocycles. The number of rotatable bonds is 13. The lowest BCUT2D eigenvalue weighted by atomic mass is 10.0. The van der Waals surface area contributed by atoms with Crippen LogP contribution in [0.5, 0.6) is 5.75 Å². The van der Waals surface area contributed by atoms with Crippen LogP contribution in [0.15, 0.2) is 24.3 Å². The number of hydrogen-bond donors (Lipinski definition) is 0. The number of carbonyl (C=O) groups excluding carboxylic acids is 1. The van der Waals surface area contributed by atoms with Crippen LogP contribution < -0.4 is 4.74 Å². The summed E-state index contributed by atoms with van der Waals surface area (Å²) < 4.78 is 5.85. The normalized spacial score (nSPS) is 12.1. The lowest BCUT2D eigenvalue weighted by Gasteiger charge is -2.16. The second kappa shape index (κ2) is 12.2. The summed E-state index contributed by atoms with van der Waals surface area (Å²) in [6.07, 6.45) is 11.7. The summed E-state index contributed by atoms with van der Waals surface area (Å²) in [5.41, 5.74) is 1.36. The van der Waals surface area contributed by atoms with Gasteiger partial charge in [-0.1, -0.05) is 64.5 Å². The monoisotopic (exact) mass is 318 g/mol. The molecule has 0 amide bonds. The maximum atomic E-state index is 11.6. The maximum absolute atomic E-state index is 11.6. The number of unbranched alkanes of at least 4 members (excludes halogenated alkanes) is 6. The van der Waals surface area contributed by atoms with Crippen LogP contribution in [0.2, 0.25) is 0 Å². The largest absolute Gasteiger partial charge is 0.483 e. The van der Waals surface area contributed by atoms with Gasteiger partial charge in [-0.3, -0.25) is 4.79 Å². The molecule has 23 heavy (non-hydrogen) atoms. The molecule has 1 rings (SSSR count). The van der Waals surface area contributed by atoms with Gasteiger partial charge in [0, 0.05) is 0 Å². The molecular formula is C21H34O2. The third-order valence-corrected chi connectivity index (χ3v) is 4.29. The van der Waals surface area contributed by atoms with Gasteiger partial charge in [-0.2, -0.15) is 0 Å². The first-order valence-electron chi connectivity index (χ1n) is 9.43. The smallest absolute Gasteiger partial charge is 0.170 e. The van der Waals surface area contributed by atoms with Crippen molar-refractivity contribution in [2.75, 3.05) is 0 Å². The molecule has 1 aromatic carbocycles. The molecule has 0 aromatic heterocycles. The summed E-state index contributed by atoms with van der Waals surface area (Å²) in [6, 6.07) is 8.29. The Morgan fingerprint density at radius 2 is 1.52 bits per heavy atom. The van der Waals surface area contributed by atoms with Crippen molar-refractivity contribution in [3.8, 4) is 5.75 Å². The van der Waals surface area contributed by atoms with E-state index >= 15 is 0 Å².